The lowest BCUT2D eigenvalue weighted by molar-refractivity contribution is 0.0950. The van der Waals surface area contributed by atoms with Gasteiger partial charge in [-0.2, -0.15) is 0 Å². The van der Waals surface area contributed by atoms with Crippen LogP contribution in [0.3, 0.4) is 0 Å². The number of benzene rings is 3. The Morgan fingerprint density at radius 3 is 2.31 bits per heavy atom. The summed E-state index contributed by atoms with van der Waals surface area (Å²) < 4.78 is 26.1. The number of carbonyl (C=O) groups is 1. The van der Waals surface area contributed by atoms with Crippen LogP contribution < -0.4 is 9.62 Å². The molecular formula is C27H30ClN3O3S. The summed E-state index contributed by atoms with van der Waals surface area (Å²) in [5, 5.41) is 3.48. The Kier molecular flexibility index (Phi) is 8.11. The van der Waals surface area contributed by atoms with Crippen LogP contribution in [0.1, 0.15) is 39.9 Å². The number of nitrogens with zero attached hydrogens (tertiary/aromatic N) is 2. The van der Waals surface area contributed by atoms with Crippen LogP contribution in [0.2, 0.25) is 5.02 Å². The maximum Gasteiger partial charge on any atom is 0.251 e. The lowest BCUT2D eigenvalue weighted by Crippen LogP contribution is -2.29. The average Bonchev–Trinajstić information content (AvgIpc) is 3.34. The van der Waals surface area contributed by atoms with Crippen molar-refractivity contribution in [2.45, 2.75) is 32.5 Å². The molecular weight excluding hydrogens is 482 g/mol. The van der Waals surface area contributed by atoms with E-state index in [1.165, 1.54) is 22.7 Å². The normalized spacial score (nSPS) is 14.1. The lowest BCUT2D eigenvalue weighted by Gasteiger charge is -2.23. The summed E-state index contributed by atoms with van der Waals surface area (Å²) in [5.41, 5.74) is 4.15. The first kappa shape index (κ1) is 25.2. The van der Waals surface area contributed by atoms with Crippen LogP contribution in [-0.2, 0) is 29.7 Å². The Hall–Kier alpha value is -2.87. The van der Waals surface area contributed by atoms with E-state index in [1.807, 2.05) is 12.1 Å². The zero-order valence-corrected chi connectivity index (χ0v) is 21.4. The van der Waals surface area contributed by atoms with E-state index in [0.717, 1.165) is 37.0 Å². The van der Waals surface area contributed by atoms with Gasteiger partial charge in [-0.15, -0.1) is 0 Å². The number of amides is 1. The first-order chi connectivity index (χ1) is 16.8. The smallest absolute Gasteiger partial charge is 0.251 e. The van der Waals surface area contributed by atoms with Gasteiger partial charge in [-0.3, -0.25) is 14.0 Å². The van der Waals surface area contributed by atoms with E-state index in [9.17, 15) is 13.2 Å². The fourth-order valence-electron chi connectivity index (χ4n) is 4.30. The largest absolute Gasteiger partial charge is 0.348 e. The zero-order valence-electron chi connectivity index (χ0n) is 19.8. The van der Waals surface area contributed by atoms with E-state index in [1.54, 1.807) is 48.5 Å². The summed E-state index contributed by atoms with van der Waals surface area (Å²) in [4.78, 5) is 15.2. The number of carbonyl (C=O) groups excluding carboxylic acids is 1. The Bertz CT molecular complexity index is 1270. The molecule has 0 atom stereocenters. The number of hydrogen-bond donors (Lipinski definition) is 1. The van der Waals surface area contributed by atoms with E-state index in [4.69, 9.17) is 11.6 Å². The highest BCUT2D eigenvalue weighted by atomic mass is 35.5. The monoisotopic (exact) mass is 511 g/mol. The van der Waals surface area contributed by atoms with Crippen molar-refractivity contribution in [3.8, 4) is 0 Å². The van der Waals surface area contributed by atoms with Crippen molar-refractivity contribution in [2.75, 3.05) is 23.7 Å². The third-order valence-electron chi connectivity index (χ3n) is 6.19. The average molecular weight is 512 g/mol. The van der Waals surface area contributed by atoms with Crippen molar-refractivity contribution in [1.82, 2.24) is 10.2 Å². The van der Waals surface area contributed by atoms with Gasteiger partial charge in [0.25, 0.3) is 5.91 Å². The Morgan fingerprint density at radius 2 is 1.66 bits per heavy atom. The van der Waals surface area contributed by atoms with Gasteiger partial charge >= 0.3 is 0 Å². The van der Waals surface area contributed by atoms with Gasteiger partial charge in [0.2, 0.25) is 10.0 Å². The molecule has 6 nitrogen and oxygen atoms in total. The van der Waals surface area contributed by atoms with Gasteiger partial charge in [0.1, 0.15) is 0 Å². The number of likely N-dealkylation sites (tertiary alicyclic amines) is 1. The van der Waals surface area contributed by atoms with Gasteiger partial charge in [0.05, 0.1) is 18.5 Å². The van der Waals surface area contributed by atoms with Crippen LogP contribution in [0.25, 0.3) is 0 Å². The highest BCUT2D eigenvalue weighted by Gasteiger charge is 2.19. The van der Waals surface area contributed by atoms with Crippen LogP contribution in [0.5, 0.6) is 0 Å². The number of anilines is 1. The lowest BCUT2D eigenvalue weighted by atomic mass is 10.1. The minimum Gasteiger partial charge on any atom is -0.348 e. The van der Waals surface area contributed by atoms with Gasteiger partial charge in [-0.05, 0) is 73.0 Å². The summed E-state index contributed by atoms with van der Waals surface area (Å²) in [6, 6.07) is 22.0. The number of halogens is 1. The van der Waals surface area contributed by atoms with Crippen LogP contribution in [-0.4, -0.2) is 38.6 Å². The van der Waals surface area contributed by atoms with E-state index >= 15 is 0 Å². The van der Waals surface area contributed by atoms with Crippen molar-refractivity contribution in [3.63, 3.8) is 0 Å². The molecule has 35 heavy (non-hydrogen) atoms. The molecule has 1 aliphatic rings. The summed E-state index contributed by atoms with van der Waals surface area (Å²) in [5.74, 6) is -0.165. The topological polar surface area (TPSA) is 69.7 Å². The molecule has 0 bridgehead atoms. The highest BCUT2D eigenvalue weighted by Crippen LogP contribution is 2.24. The van der Waals surface area contributed by atoms with Gasteiger partial charge < -0.3 is 5.32 Å². The molecule has 3 aromatic carbocycles. The Labute approximate surface area is 212 Å². The highest BCUT2D eigenvalue weighted by molar-refractivity contribution is 7.92. The van der Waals surface area contributed by atoms with E-state index in [2.05, 4.69) is 22.3 Å². The molecule has 1 amide bonds. The maximum absolute atomic E-state index is 12.8. The number of rotatable bonds is 9. The summed E-state index contributed by atoms with van der Waals surface area (Å²) in [7, 11) is -3.52. The first-order valence-corrected chi connectivity index (χ1v) is 13.9. The molecule has 184 valence electrons. The van der Waals surface area contributed by atoms with Crippen molar-refractivity contribution in [2.24, 2.45) is 0 Å². The third-order valence-corrected chi connectivity index (χ3v) is 7.56. The Morgan fingerprint density at radius 1 is 0.971 bits per heavy atom. The molecule has 0 unspecified atom stereocenters. The molecule has 3 aromatic rings. The van der Waals surface area contributed by atoms with Gasteiger partial charge in [0.15, 0.2) is 0 Å². The standard InChI is InChI=1S/C27H30ClN3O3S/c1-35(33,34)31(26-10-6-9-25(28)17-26)19-21-11-13-22(14-12-21)27(32)29-18-23-7-2-3-8-24(23)20-30-15-4-5-16-30/h2-3,6-14,17H,4-5,15-16,18-20H2,1H3,(H,29,32). The Balaban J connectivity index is 1.40. The molecule has 0 saturated carbocycles. The molecule has 1 N–H and O–H groups in total. The molecule has 8 heteroatoms. The van der Waals surface area contributed by atoms with Gasteiger partial charge in [-0.25, -0.2) is 8.42 Å². The predicted molar refractivity (Wildman–Crippen MR) is 141 cm³/mol. The molecule has 1 fully saturated rings. The number of sulfonamides is 1. The minimum atomic E-state index is -3.52. The number of nitrogens with one attached hydrogen (secondary N) is 1. The van der Waals surface area contributed by atoms with E-state index in [0.29, 0.717) is 22.8 Å². The molecule has 1 saturated heterocycles. The molecule has 1 heterocycles. The fraction of sp³-hybridized carbons (Fsp3) is 0.296. The van der Waals surface area contributed by atoms with Gasteiger partial charge in [0, 0.05) is 23.7 Å². The number of hydrogen-bond acceptors (Lipinski definition) is 4. The zero-order chi connectivity index (χ0) is 24.8. The summed E-state index contributed by atoms with van der Waals surface area (Å²) >= 11 is 6.06. The van der Waals surface area contributed by atoms with Gasteiger partial charge in [-0.1, -0.05) is 54.1 Å². The second-order valence-corrected chi connectivity index (χ2v) is 11.2. The van der Waals surface area contributed by atoms with Crippen LogP contribution >= 0.6 is 11.6 Å². The predicted octanol–water partition coefficient (Wildman–Crippen LogP) is 4.83. The van der Waals surface area contributed by atoms with Crippen molar-refractivity contribution < 1.29 is 13.2 Å². The SMILES string of the molecule is CS(=O)(=O)N(Cc1ccc(C(=O)NCc2ccccc2CN2CCCC2)cc1)c1cccc(Cl)c1. The molecule has 4 rings (SSSR count). The molecule has 0 aromatic heterocycles. The van der Waals surface area contributed by atoms with Crippen LogP contribution in [0.15, 0.2) is 72.8 Å². The minimum absolute atomic E-state index is 0.144. The maximum atomic E-state index is 12.8. The molecule has 0 aliphatic carbocycles. The molecule has 1 aliphatic heterocycles. The summed E-state index contributed by atoms with van der Waals surface area (Å²) in [6.07, 6.45) is 3.66. The van der Waals surface area contributed by atoms with Crippen molar-refractivity contribution in [3.05, 3.63) is 100 Å². The fourth-order valence-corrected chi connectivity index (χ4v) is 5.37. The van der Waals surface area contributed by atoms with E-state index < -0.39 is 10.0 Å². The van der Waals surface area contributed by atoms with Crippen LogP contribution in [0, 0.1) is 0 Å². The second kappa shape index (κ2) is 11.2. The van der Waals surface area contributed by atoms with Crippen LogP contribution in [0.4, 0.5) is 5.69 Å². The van der Waals surface area contributed by atoms with E-state index in [-0.39, 0.29) is 12.5 Å². The van der Waals surface area contributed by atoms with Crippen molar-refractivity contribution >= 4 is 33.2 Å². The third kappa shape index (κ3) is 6.84. The second-order valence-electron chi connectivity index (χ2n) is 8.88. The summed E-state index contributed by atoms with van der Waals surface area (Å²) in [6.45, 7) is 3.76. The molecule has 0 spiro atoms. The van der Waals surface area contributed by atoms with Crippen molar-refractivity contribution in [1.29, 1.82) is 0 Å². The molecule has 0 radical (unpaired) electrons. The quantitative estimate of drug-likeness (QED) is 0.446. The first-order valence-electron chi connectivity index (χ1n) is 11.7.